The summed E-state index contributed by atoms with van der Waals surface area (Å²) in [6, 6.07) is 8.22. The number of amides is 2. The summed E-state index contributed by atoms with van der Waals surface area (Å²) in [7, 11) is 0. The third kappa shape index (κ3) is 5.96. The molecule has 0 bridgehead atoms. The maximum atomic E-state index is 12.4. The van der Waals surface area contributed by atoms with Crippen molar-refractivity contribution >= 4 is 11.8 Å². The van der Waals surface area contributed by atoms with Crippen molar-refractivity contribution in [3.63, 3.8) is 0 Å². The van der Waals surface area contributed by atoms with E-state index in [1.54, 1.807) is 0 Å². The zero-order valence-electron chi connectivity index (χ0n) is 16.4. The van der Waals surface area contributed by atoms with Crippen LogP contribution >= 0.6 is 0 Å². The minimum absolute atomic E-state index is 0.116. The molecule has 2 aliphatic rings. The van der Waals surface area contributed by atoms with Gasteiger partial charge in [0.25, 0.3) is 0 Å². The van der Waals surface area contributed by atoms with Crippen molar-refractivity contribution in [2.75, 3.05) is 32.8 Å². The Morgan fingerprint density at radius 2 is 1.96 bits per heavy atom. The number of benzene rings is 1. The van der Waals surface area contributed by atoms with Crippen LogP contribution in [0.15, 0.2) is 24.3 Å². The van der Waals surface area contributed by atoms with Crippen LogP contribution in [0.2, 0.25) is 0 Å². The summed E-state index contributed by atoms with van der Waals surface area (Å²) < 4.78 is 5.71. The number of nitrogens with one attached hydrogen (secondary N) is 1. The summed E-state index contributed by atoms with van der Waals surface area (Å²) in [5, 5.41) is 3.06. The van der Waals surface area contributed by atoms with Crippen molar-refractivity contribution in [2.45, 2.75) is 51.6 Å². The van der Waals surface area contributed by atoms with Crippen LogP contribution < -0.4 is 10.1 Å². The van der Waals surface area contributed by atoms with Gasteiger partial charge in [-0.25, -0.2) is 0 Å². The number of hydrogen-bond donors (Lipinski definition) is 1. The second kappa shape index (κ2) is 9.22. The van der Waals surface area contributed by atoms with Crippen molar-refractivity contribution in [2.24, 2.45) is 0 Å². The number of carbonyl (C=O) groups excluding carboxylic acids is 2. The van der Waals surface area contributed by atoms with Crippen molar-refractivity contribution in [3.05, 3.63) is 29.8 Å². The second-order valence-electron chi connectivity index (χ2n) is 7.64. The van der Waals surface area contributed by atoms with E-state index < -0.39 is 0 Å². The molecule has 1 heterocycles. The van der Waals surface area contributed by atoms with Crippen molar-refractivity contribution in [3.8, 4) is 5.75 Å². The molecule has 0 radical (unpaired) electrons. The number of hydrogen-bond acceptors (Lipinski definition) is 4. The fraction of sp³-hybridized carbons (Fsp3) is 0.619. The first kappa shape index (κ1) is 19.7. The van der Waals surface area contributed by atoms with Crippen LogP contribution in [-0.4, -0.2) is 66.5 Å². The van der Waals surface area contributed by atoms with Crippen molar-refractivity contribution in [1.82, 2.24) is 15.1 Å². The van der Waals surface area contributed by atoms with E-state index in [-0.39, 0.29) is 17.9 Å². The van der Waals surface area contributed by atoms with E-state index in [4.69, 9.17) is 4.74 Å². The summed E-state index contributed by atoms with van der Waals surface area (Å²) >= 11 is 0. The van der Waals surface area contributed by atoms with Gasteiger partial charge >= 0.3 is 0 Å². The molecular formula is C21H31N3O3. The monoisotopic (exact) mass is 373 g/mol. The Labute approximate surface area is 161 Å². The molecule has 1 unspecified atom stereocenters. The van der Waals surface area contributed by atoms with Crippen LogP contribution in [0.4, 0.5) is 0 Å². The van der Waals surface area contributed by atoms with E-state index >= 15 is 0 Å². The molecule has 2 amide bonds. The zero-order chi connectivity index (χ0) is 19.2. The summed E-state index contributed by atoms with van der Waals surface area (Å²) in [4.78, 5) is 28.7. The molecule has 1 atom stereocenters. The van der Waals surface area contributed by atoms with E-state index in [0.29, 0.717) is 38.6 Å². The Bertz CT molecular complexity index is 652. The lowest BCUT2D eigenvalue weighted by molar-refractivity contribution is -0.134. The van der Waals surface area contributed by atoms with Crippen LogP contribution in [0, 0.1) is 6.92 Å². The van der Waals surface area contributed by atoms with Gasteiger partial charge in [0.05, 0.1) is 12.6 Å². The average molecular weight is 373 g/mol. The number of nitrogens with zero attached hydrogens (tertiary/aromatic N) is 2. The van der Waals surface area contributed by atoms with E-state index in [9.17, 15) is 9.59 Å². The third-order valence-corrected chi connectivity index (χ3v) is 5.31. The first-order valence-corrected chi connectivity index (χ1v) is 10.0. The van der Waals surface area contributed by atoms with Crippen LogP contribution in [0.1, 0.15) is 38.2 Å². The van der Waals surface area contributed by atoms with Gasteiger partial charge in [0.15, 0.2) is 0 Å². The first-order valence-electron chi connectivity index (χ1n) is 10.0. The molecule has 1 saturated heterocycles. The predicted octanol–water partition coefficient (Wildman–Crippen LogP) is 1.97. The van der Waals surface area contributed by atoms with E-state index in [2.05, 4.69) is 10.2 Å². The topological polar surface area (TPSA) is 61.9 Å². The van der Waals surface area contributed by atoms with Gasteiger partial charge < -0.3 is 15.0 Å². The lowest BCUT2D eigenvalue weighted by atomic mass is 10.2. The second-order valence-corrected chi connectivity index (χ2v) is 7.64. The lowest BCUT2D eigenvalue weighted by Crippen LogP contribution is -2.55. The Kier molecular flexibility index (Phi) is 6.72. The molecule has 0 spiro atoms. The molecule has 6 nitrogen and oxygen atoms in total. The molecule has 1 aromatic carbocycles. The molecule has 0 aromatic heterocycles. The zero-order valence-corrected chi connectivity index (χ0v) is 16.4. The van der Waals surface area contributed by atoms with Crippen molar-refractivity contribution in [1.29, 1.82) is 0 Å². The van der Waals surface area contributed by atoms with Gasteiger partial charge in [-0.3, -0.25) is 14.5 Å². The van der Waals surface area contributed by atoms with E-state index in [1.165, 1.54) is 5.56 Å². The summed E-state index contributed by atoms with van der Waals surface area (Å²) in [5.74, 6) is 1.15. The van der Waals surface area contributed by atoms with Gasteiger partial charge in [0.1, 0.15) is 5.75 Å². The molecule has 27 heavy (non-hydrogen) atoms. The Morgan fingerprint density at radius 1 is 1.22 bits per heavy atom. The smallest absolute Gasteiger partial charge is 0.237 e. The number of ether oxygens (including phenoxy) is 1. The summed E-state index contributed by atoms with van der Waals surface area (Å²) in [6.45, 7) is 7.44. The van der Waals surface area contributed by atoms with Gasteiger partial charge in [-0.1, -0.05) is 12.1 Å². The fourth-order valence-electron chi connectivity index (χ4n) is 3.35. The van der Waals surface area contributed by atoms with Crippen LogP contribution in [-0.2, 0) is 9.59 Å². The Hall–Kier alpha value is -2.08. The predicted molar refractivity (Wildman–Crippen MR) is 105 cm³/mol. The molecule has 1 aromatic rings. The molecular weight excluding hydrogens is 342 g/mol. The minimum Gasteiger partial charge on any atom is -0.494 e. The molecule has 1 N–H and O–H groups in total. The molecule has 1 aliphatic heterocycles. The average Bonchev–Trinajstić information content (AvgIpc) is 3.48. The van der Waals surface area contributed by atoms with Crippen molar-refractivity contribution < 1.29 is 14.3 Å². The van der Waals surface area contributed by atoms with Crippen LogP contribution in [0.5, 0.6) is 5.75 Å². The Balaban J connectivity index is 1.32. The molecule has 1 saturated carbocycles. The highest BCUT2D eigenvalue weighted by molar-refractivity contribution is 5.82. The summed E-state index contributed by atoms with van der Waals surface area (Å²) in [6.07, 6.45) is 3.43. The maximum absolute atomic E-state index is 12.4. The highest BCUT2D eigenvalue weighted by Crippen LogP contribution is 2.19. The van der Waals surface area contributed by atoms with E-state index in [0.717, 1.165) is 31.7 Å². The van der Waals surface area contributed by atoms with Gasteiger partial charge in [-0.05, 0) is 50.8 Å². The molecule has 6 heteroatoms. The summed E-state index contributed by atoms with van der Waals surface area (Å²) in [5.41, 5.74) is 1.17. The van der Waals surface area contributed by atoms with Gasteiger partial charge in [-0.15, -0.1) is 0 Å². The quantitative estimate of drug-likeness (QED) is 0.708. The molecule has 3 rings (SSSR count). The minimum atomic E-state index is -0.120. The standard InChI is InChI=1S/C21H31N3O3/c1-16-5-3-6-19(15-16)27-14-4-7-20(25)24-12-10-23(11-13-24)17(2)21(26)22-18-8-9-18/h3,5-6,15,17-18H,4,7-14H2,1-2H3,(H,22,26). The number of carbonyl (C=O) groups is 2. The lowest BCUT2D eigenvalue weighted by Gasteiger charge is -2.37. The highest BCUT2D eigenvalue weighted by Gasteiger charge is 2.30. The van der Waals surface area contributed by atoms with Gasteiger partial charge in [0.2, 0.25) is 11.8 Å². The largest absolute Gasteiger partial charge is 0.494 e. The SMILES string of the molecule is Cc1cccc(OCCCC(=O)N2CCN(C(C)C(=O)NC3CC3)CC2)c1. The number of aryl methyl sites for hydroxylation is 1. The van der Waals surface area contributed by atoms with E-state index in [1.807, 2.05) is 43.0 Å². The van der Waals surface area contributed by atoms with Gasteiger partial charge in [-0.2, -0.15) is 0 Å². The maximum Gasteiger partial charge on any atom is 0.237 e. The number of rotatable bonds is 8. The third-order valence-electron chi connectivity index (χ3n) is 5.31. The molecule has 148 valence electrons. The Morgan fingerprint density at radius 3 is 2.63 bits per heavy atom. The highest BCUT2D eigenvalue weighted by atomic mass is 16.5. The normalized spacial score (nSPS) is 18.8. The van der Waals surface area contributed by atoms with Gasteiger partial charge in [0, 0.05) is 38.6 Å². The first-order chi connectivity index (χ1) is 13.0. The fourth-order valence-corrected chi connectivity index (χ4v) is 3.35. The van der Waals surface area contributed by atoms with Crippen LogP contribution in [0.25, 0.3) is 0 Å². The van der Waals surface area contributed by atoms with Crippen LogP contribution in [0.3, 0.4) is 0 Å². The molecule has 2 fully saturated rings. The number of piperazine rings is 1. The molecule has 1 aliphatic carbocycles.